The molecule has 1 aliphatic carbocycles. The maximum atomic E-state index is 13.8. The molecule has 16 atom stereocenters. The molecule has 47 heavy (non-hydrogen) atoms. The first-order valence-corrected chi connectivity index (χ1v) is 16.3. The molecule has 2 aliphatic heterocycles. The van der Waals surface area contributed by atoms with Gasteiger partial charge in [-0.3, -0.25) is 4.79 Å². The fourth-order valence-electron chi connectivity index (χ4n) is 6.38. The standard InChI is InChI=1S/C31H56N2O14/c1-13(2)6-7-16(46-29-25(39)22(32)23(37)15(5)45-29)8-20-21(19(36)11-31(44,47-20)10-18(35)14(3)4)28(42)33-17-9-30(43,12-34)27(41)26(40)24(17)38/h6-7,13-27,29,34-41,43-44H,8-12,32H2,1-5H3,(H,33,42)/b7-6+/t15?,16-,17?,18+,19-,20?,21+,22?,23?,24?,25?,26?,27?,29?,30?,31+/m0/s1. The van der Waals surface area contributed by atoms with Crippen molar-refractivity contribution in [2.75, 3.05) is 6.61 Å². The van der Waals surface area contributed by atoms with Gasteiger partial charge in [-0.25, -0.2) is 0 Å². The van der Waals surface area contributed by atoms with Crippen molar-refractivity contribution in [2.45, 2.75) is 151 Å². The zero-order chi connectivity index (χ0) is 35.6. The van der Waals surface area contributed by atoms with E-state index in [4.69, 9.17) is 19.9 Å². The first-order chi connectivity index (χ1) is 21.7. The average molecular weight is 681 g/mol. The van der Waals surface area contributed by atoms with E-state index in [2.05, 4.69) is 5.32 Å². The molecule has 3 rings (SSSR count). The Labute approximate surface area is 274 Å². The highest BCUT2D eigenvalue weighted by Crippen LogP contribution is 2.39. The number of allylic oxidation sites excluding steroid dienone is 1. The lowest BCUT2D eigenvalue weighted by Crippen LogP contribution is -2.68. The second kappa shape index (κ2) is 16.1. The van der Waals surface area contributed by atoms with Crippen molar-refractivity contribution in [3.8, 4) is 0 Å². The second-order valence-electron chi connectivity index (χ2n) is 14.2. The van der Waals surface area contributed by atoms with Crippen LogP contribution in [0.15, 0.2) is 12.2 Å². The molecule has 0 spiro atoms. The number of rotatable bonds is 12. The molecule has 1 amide bonds. The minimum atomic E-state index is -2.25. The minimum Gasteiger partial charge on any atom is -0.393 e. The van der Waals surface area contributed by atoms with Crippen molar-refractivity contribution >= 4 is 5.91 Å². The molecule has 0 aromatic rings. The predicted molar refractivity (Wildman–Crippen MR) is 164 cm³/mol. The van der Waals surface area contributed by atoms with Crippen LogP contribution in [0.5, 0.6) is 0 Å². The van der Waals surface area contributed by atoms with E-state index >= 15 is 0 Å². The number of carbonyl (C=O) groups excluding carboxylic acids is 1. The van der Waals surface area contributed by atoms with Crippen molar-refractivity contribution in [1.29, 1.82) is 0 Å². The molecule has 11 unspecified atom stereocenters. The Morgan fingerprint density at radius 2 is 1.64 bits per heavy atom. The van der Waals surface area contributed by atoms with Crippen molar-refractivity contribution in [2.24, 2.45) is 23.5 Å². The van der Waals surface area contributed by atoms with Gasteiger partial charge >= 0.3 is 0 Å². The molecule has 0 aromatic carbocycles. The third kappa shape index (κ3) is 9.46. The van der Waals surface area contributed by atoms with Crippen molar-refractivity contribution in [3.63, 3.8) is 0 Å². The smallest absolute Gasteiger partial charge is 0.228 e. The third-order valence-electron chi connectivity index (χ3n) is 9.51. The van der Waals surface area contributed by atoms with E-state index < -0.39 is 122 Å². The first-order valence-electron chi connectivity index (χ1n) is 16.3. The lowest BCUT2D eigenvalue weighted by molar-refractivity contribution is -0.307. The summed E-state index contributed by atoms with van der Waals surface area (Å²) in [6.07, 6.45) is -13.3. The monoisotopic (exact) mass is 680 g/mol. The quantitative estimate of drug-likeness (QED) is 0.0885. The SMILES string of the molecule is CC(C)/C=C/[C@@H](CC1O[C@](O)(C[C@@H](O)C(C)C)C[C@H](O)[C@H]1C(=O)NC1CC(O)(CO)C(O)C(O)C1O)OC1OC(C)C(O)C(N)C1O. The molecule has 0 radical (unpaired) electrons. The topological polar surface area (TPSA) is 285 Å². The van der Waals surface area contributed by atoms with Gasteiger partial charge < -0.3 is 76.3 Å². The summed E-state index contributed by atoms with van der Waals surface area (Å²) in [6, 6.07) is -2.47. The molecule has 0 bridgehead atoms. The molecule has 13 N–H and O–H groups in total. The fourth-order valence-corrected chi connectivity index (χ4v) is 6.38. The highest BCUT2D eigenvalue weighted by Gasteiger charge is 2.54. The lowest BCUT2D eigenvalue weighted by atomic mass is 9.75. The minimum absolute atomic E-state index is 0.0243. The zero-order valence-electron chi connectivity index (χ0n) is 27.6. The van der Waals surface area contributed by atoms with Gasteiger partial charge in [0, 0.05) is 25.7 Å². The molecule has 274 valence electrons. The van der Waals surface area contributed by atoms with Crippen molar-refractivity contribution < 1.29 is 70.1 Å². The summed E-state index contributed by atoms with van der Waals surface area (Å²) >= 11 is 0. The summed E-state index contributed by atoms with van der Waals surface area (Å²) in [5.41, 5.74) is 3.73. The van der Waals surface area contributed by atoms with Gasteiger partial charge in [0.2, 0.25) is 5.91 Å². The molecular formula is C31H56N2O14. The third-order valence-corrected chi connectivity index (χ3v) is 9.51. The number of aliphatic hydroxyl groups is 10. The summed E-state index contributed by atoms with van der Waals surface area (Å²) in [7, 11) is 0. The number of carbonyl (C=O) groups is 1. The van der Waals surface area contributed by atoms with E-state index in [9.17, 15) is 55.9 Å². The van der Waals surface area contributed by atoms with Gasteiger partial charge in [0.05, 0.1) is 61.2 Å². The van der Waals surface area contributed by atoms with Gasteiger partial charge in [-0.1, -0.05) is 39.8 Å². The Kier molecular flexibility index (Phi) is 13.7. The van der Waals surface area contributed by atoms with Crippen LogP contribution >= 0.6 is 0 Å². The molecule has 1 saturated carbocycles. The Balaban J connectivity index is 1.94. The maximum absolute atomic E-state index is 13.8. The number of nitrogens with one attached hydrogen (secondary N) is 1. The first kappa shape index (κ1) is 40.1. The summed E-state index contributed by atoms with van der Waals surface area (Å²) < 4.78 is 17.9. The predicted octanol–water partition coefficient (Wildman–Crippen LogP) is -3.68. The number of hydrogen-bond acceptors (Lipinski definition) is 15. The maximum Gasteiger partial charge on any atom is 0.228 e. The van der Waals surface area contributed by atoms with Gasteiger partial charge in [0.15, 0.2) is 12.1 Å². The van der Waals surface area contributed by atoms with E-state index in [-0.39, 0.29) is 24.7 Å². The summed E-state index contributed by atoms with van der Waals surface area (Å²) in [4.78, 5) is 13.8. The van der Waals surface area contributed by atoms with Crippen LogP contribution in [0.3, 0.4) is 0 Å². The number of hydrogen-bond donors (Lipinski definition) is 12. The Morgan fingerprint density at radius 1 is 1.00 bits per heavy atom. The molecular weight excluding hydrogens is 624 g/mol. The zero-order valence-corrected chi connectivity index (χ0v) is 27.6. The number of aliphatic hydroxyl groups excluding tert-OH is 8. The molecule has 2 saturated heterocycles. The second-order valence-corrected chi connectivity index (χ2v) is 14.2. The van der Waals surface area contributed by atoms with Gasteiger partial charge in [0.1, 0.15) is 30.0 Å². The molecule has 16 heteroatoms. The molecule has 2 heterocycles. The van der Waals surface area contributed by atoms with Crippen molar-refractivity contribution in [1.82, 2.24) is 5.32 Å². The fraction of sp³-hybridized carbons (Fsp3) is 0.903. The van der Waals surface area contributed by atoms with E-state index in [1.807, 2.05) is 13.8 Å². The molecule has 3 fully saturated rings. The van der Waals surface area contributed by atoms with E-state index in [0.717, 1.165) is 0 Å². The van der Waals surface area contributed by atoms with Crippen LogP contribution in [0.1, 0.15) is 60.3 Å². The average Bonchev–Trinajstić information content (AvgIpc) is 2.98. The van der Waals surface area contributed by atoms with E-state index in [0.29, 0.717) is 0 Å². The molecule has 0 aromatic heterocycles. The summed E-state index contributed by atoms with van der Waals surface area (Å²) in [5, 5.41) is 108. The number of amides is 1. The Morgan fingerprint density at radius 3 is 2.21 bits per heavy atom. The normalized spacial score (nSPS) is 44.6. The largest absolute Gasteiger partial charge is 0.393 e. The van der Waals surface area contributed by atoms with E-state index in [1.165, 1.54) is 0 Å². The van der Waals surface area contributed by atoms with Crippen LogP contribution < -0.4 is 11.1 Å². The Hall–Kier alpha value is -1.35. The highest BCUT2D eigenvalue weighted by molar-refractivity contribution is 5.80. The van der Waals surface area contributed by atoms with Gasteiger partial charge in [-0.2, -0.15) is 0 Å². The van der Waals surface area contributed by atoms with Crippen LogP contribution in [-0.4, -0.2) is 154 Å². The number of ether oxygens (including phenoxy) is 3. The van der Waals surface area contributed by atoms with Gasteiger partial charge in [-0.05, 0) is 18.8 Å². The van der Waals surface area contributed by atoms with Crippen LogP contribution in [0.4, 0.5) is 0 Å². The van der Waals surface area contributed by atoms with E-state index in [1.54, 1.807) is 32.9 Å². The highest BCUT2D eigenvalue weighted by atomic mass is 16.7. The summed E-state index contributed by atoms with van der Waals surface area (Å²) in [5.74, 6) is -4.68. The Bertz CT molecular complexity index is 1050. The van der Waals surface area contributed by atoms with Gasteiger partial charge in [0.25, 0.3) is 0 Å². The van der Waals surface area contributed by atoms with Crippen LogP contribution in [-0.2, 0) is 19.0 Å². The van der Waals surface area contributed by atoms with Crippen LogP contribution in [0.25, 0.3) is 0 Å². The number of nitrogens with two attached hydrogens (primary N) is 1. The van der Waals surface area contributed by atoms with Gasteiger partial charge in [-0.15, -0.1) is 0 Å². The van der Waals surface area contributed by atoms with Crippen LogP contribution in [0, 0.1) is 17.8 Å². The molecule has 3 aliphatic rings. The summed E-state index contributed by atoms with van der Waals surface area (Å²) in [6.45, 7) is 7.82. The lowest BCUT2D eigenvalue weighted by Gasteiger charge is -2.48. The molecule has 16 nitrogen and oxygen atoms in total. The van der Waals surface area contributed by atoms with Crippen LogP contribution in [0.2, 0.25) is 0 Å². The van der Waals surface area contributed by atoms with Crippen molar-refractivity contribution in [3.05, 3.63) is 12.2 Å².